The third-order valence-corrected chi connectivity index (χ3v) is 5.71. The van der Waals surface area contributed by atoms with E-state index in [1.807, 2.05) is 48.8 Å². The van der Waals surface area contributed by atoms with Gasteiger partial charge in [-0.2, -0.15) is 4.98 Å². The van der Waals surface area contributed by atoms with Gasteiger partial charge in [0.05, 0.1) is 5.92 Å². The van der Waals surface area contributed by atoms with E-state index >= 15 is 0 Å². The normalized spacial score (nSPS) is 22.9. The maximum absolute atomic E-state index is 13.1. The van der Waals surface area contributed by atoms with Gasteiger partial charge in [0.25, 0.3) is 5.89 Å². The van der Waals surface area contributed by atoms with Crippen molar-refractivity contribution >= 4 is 11.8 Å². The molecular weight excluding hydrogens is 370 g/mol. The molecule has 8 nitrogen and oxygen atoms in total. The molecule has 2 atom stereocenters. The van der Waals surface area contributed by atoms with Crippen LogP contribution in [-0.2, 0) is 9.59 Å². The zero-order chi connectivity index (χ0) is 20.6. The third-order valence-electron chi connectivity index (χ3n) is 5.71. The molecule has 2 aliphatic rings. The monoisotopic (exact) mass is 397 g/mol. The molecule has 29 heavy (non-hydrogen) atoms. The van der Waals surface area contributed by atoms with Crippen LogP contribution in [0.5, 0.6) is 0 Å². The largest absolute Gasteiger partial charge is 0.342 e. The fourth-order valence-electron chi connectivity index (χ4n) is 4.16. The van der Waals surface area contributed by atoms with Crippen LogP contribution in [0.25, 0.3) is 11.6 Å². The minimum Gasteiger partial charge on any atom is -0.342 e. The highest BCUT2D eigenvalue weighted by atomic mass is 16.5. The summed E-state index contributed by atoms with van der Waals surface area (Å²) in [6, 6.07) is 5.53. The quantitative estimate of drug-likeness (QED) is 0.790. The van der Waals surface area contributed by atoms with Crippen LogP contribution in [0.4, 0.5) is 0 Å². The summed E-state index contributed by atoms with van der Waals surface area (Å²) in [5, 5.41) is 4.14. The number of rotatable bonds is 3. The number of carbonyl (C=O) groups excluding carboxylic acids is 2. The molecule has 2 saturated heterocycles. The molecule has 2 aromatic rings. The van der Waals surface area contributed by atoms with Crippen molar-refractivity contribution in [1.82, 2.24) is 24.9 Å². The van der Waals surface area contributed by atoms with Crippen LogP contribution in [0.15, 0.2) is 28.9 Å². The number of carbonyl (C=O) groups is 2. The number of pyridine rings is 1. The summed E-state index contributed by atoms with van der Waals surface area (Å²) >= 11 is 0. The second-order valence-corrected chi connectivity index (χ2v) is 8.87. The van der Waals surface area contributed by atoms with E-state index in [0.29, 0.717) is 43.5 Å². The number of likely N-dealkylation sites (tertiary alicyclic amines) is 2. The van der Waals surface area contributed by atoms with Gasteiger partial charge in [0.15, 0.2) is 5.82 Å². The first-order valence-corrected chi connectivity index (χ1v) is 10.2. The van der Waals surface area contributed by atoms with Crippen LogP contribution in [0.1, 0.15) is 51.8 Å². The Labute approximate surface area is 170 Å². The number of nitrogens with zero attached hydrogens (tertiary/aromatic N) is 5. The molecule has 0 aliphatic carbocycles. The Hall–Kier alpha value is -2.77. The van der Waals surface area contributed by atoms with Gasteiger partial charge in [-0.15, -0.1) is 0 Å². The Morgan fingerprint density at radius 3 is 2.76 bits per heavy atom. The lowest BCUT2D eigenvalue weighted by Crippen LogP contribution is -2.45. The van der Waals surface area contributed by atoms with E-state index in [0.717, 1.165) is 12.8 Å². The molecule has 0 saturated carbocycles. The summed E-state index contributed by atoms with van der Waals surface area (Å²) < 4.78 is 5.39. The maximum atomic E-state index is 13.1. The zero-order valence-corrected chi connectivity index (χ0v) is 17.2. The molecule has 0 N–H and O–H groups in total. The molecule has 2 fully saturated rings. The van der Waals surface area contributed by atoms with Crippen molar-refractivity contribution in [2.75, 3.05) is 19.6 Å². The van der Waals surface area contributed by atoms with Crippen LogP contribution in [0.2, 0.25) is 0 Å². The van der Waals surface area contributed by atoms with Crippen LogP contribution < -0.4 is 0 Å². The molecule has 0 spiro atoms. The Morgan fingerprint density at radius 1 is 1.24 bits per heavy atom. The molecule has 0 unspecified atom stereocenters. The van der Waals surface area contributed by atoms with E-state index in [1.165, 1.54) is 0 Å². The molecular formula is C21H27N5O3. The highest BCUT2D eigenvalue weighted by Gasteiger charge is 2.41. The second kappa shape index (κ2) is 7.57. The van der Waals surface area contributed by atoms with Crippen molar-refractivity contribution in [2.45, 2.75) is 51.5 Å². The molecule has 0 aromatic carbocycles. The average molecular weight is 397 g/mol. The highest BCUT2D eigenvalue weighted by Crippen LogP contribution is 2.31. The summed E-state index contributed by atoms with van der Waals surface area (Å²) in [5.41, 5.74) is 0.380. The van der Waals surface area contributed by atoms with E-state index in [2.05, 4.69) is 15.1 Å². The van der Waals surface area contributed by atoms with Crippen molar-refractivity contribution in [1.29, 1.82) is 0 Å². The smallest absolute Gasteiger partial charge is 0.276 e. The molecule has 2 amide bonds. The topological polar surface area (TPSA) is 92.4 Å². The maximum Gasteiger partial charge on any atom is 0.276 e. The molecule has 2 aliphatic heterocycles. The second-order valence-electron chi connectivity index (χ2n) is 8.87. The summed E-state index contributed by atoms with van der Waals surface area (Å²) in [4.78, 5) is 37.9. The SMILES string of the molecule is CC(C)(C)N1C[C@H](C(=O)N2CCC[C@H](c3noc(-c4ccccn4)n3)C2)CC1=O. The van der Waals surface area contributed by atoms with Gasteiger partial charge in [-0.25, -0.2) is 0 Å². The first-order chi connectivity index (χ1) is 13.8. The number of piperidine rings is 1. The summed E-state index contributed by atoms with van der Waals surface area (Å²) in [5.74, 6) is 0.888. The van der Waals surface area contributed by atoms with E-state index in [1.54, 1.807) is 6.20 Å². The Balaban J connectivity index is 1.43. The Morgan fingerprint density at radius 2 is 2.07 bits per heavy atom. The van der Waals surface area contributed by atoms with Gasteiger partial charge >= 0.3 is 0 Å². The van der Waals surface area contributed by atoms with Gasteiger partial charge in [0.2, 0.25) is 11.8 Å². The lowest BCUT2D eigenvalue weighted by atomic mass is 9.95. The highest BCUT2D eigenvalue weighted by molar-refractivity contribution is 5.89. The summed E-state index contributed by atoms with van der Waals surface area (Å²) in [7, 11) is 0. The lowest BCUT2D eigenvalue weighted by Gasteiger charge is -2.34. The number of amides is 2. The van der Waals surface area contributed by atoms with Gasteiger partial charge in [-0.1, -0.05) is 11.2 Å². The molecule has 0 radical (unpaired) electrons. The van der Waals surface area contributed by atoms with Gasteiger partial charge < -0.3 is 14.3 Å². The minimum absolute atomic E-state index is 0.0322. The molecule has 8 heteroatoms. The van der Waals surface area contributed by atoms with Crippen LogP contribution >= 0.6 is 0 Å². The number of hydrogen-bond donors (Lipinski definition) is 0. The predicted molar refractivity (Wildman–Crippen MR) is 106 cm³/mol. The van der Waals surface area contributed by atoms with E-state index in [4.69, 9.17) is 4.52 Å². The molecule has 4 heterocycles. The van der Waals surface area contributed by atoms with Crippen LogP contribution in [0.3, 0.4) is 0 Å². The Bertz CT molecular complexity index is 889. The molecule has 154 valence electrons. The lowest BCUT2D eigenvalue weighted by molar-refractivity contribution is -0.137. The third kappa shape index (κ3) is 4.02. The van der Waals surface area contributed by atoms with Crippen molar-refractivity contribution < 1.29 is 14.1 Å². The summed E-state index contributed by atoms with van der Waals surface area (Å²) in [6.45, 7) is 7.77. The predicted octanol–water partition coefficient (Wildman–Crippen LogP) is 2.48. The first kappa shape index (κ1) is 19.5. The minimum atomic E-state index is -0.269. The van der Waals surface area contributed by atoms with Gasteiger partial charge in [0.1, 0.15) is 5.69 Å². The van der Waals surface area contributed by atoms with E-state index in [-0.39, 0.29) is 29.2 Å². The first-order valence-electron chi connectivity index (χ1n) is 10.2. The van der Waals surface area contributed by atoms with E-state index < -0.39 is 0 Å². The zero-order valence-electron chi connectivity index (χ0n) is 17.2. The van der Waals surface area contributed by atoms with E-state index in [9.17, 15) is 9.59 Å². The van der Waals surface area contributed by atoms with Gasteiger partial charge in [0, 0.05) is 43.7 Å². The van der Waals surface area contributed by atoms with Gasteiger partial charge in [-0.05, 0) is 45.7 Å². The van der Waals surface area contributed by atoms with Crippen molar-refractivity contribution in [3.63, 3.8) is 0 Å². The molecule has 4 rings (SSSR count). The van der Waals surface area contributed by atoms with Crippen LogP contribution in [-0.4, -0.2) is 61.9 Å². The van der Waals surface area contributed by atoms with Crippen molar-refractivity contribution in [2.24, 2.45) is 5.92 Å². The number of hydrogen-bond acceptors (Lipinski definition) is 6. The fraction of sp³-hybridized carbons (Fsp3) is 0.571. The average Bonchev–Trinajstić information content (AvgIpc) is 3.35. The molecule has 2 aromatic heterocycles. The van der Waals surface area contributed by atoms with Crippen molar-refractivity contribution in [3.05, 3.63) is 30.2 Å². The number of aromatic nitrogens is 3. The van der Waals surface area contributed by atoms with Crippen LogP contribution in [0, 0.1) is 5.92 Å². The Kier molecular flexibility index (Phi) is 5.10. The standard InChI is InChI=1S/C21H27N5O3/c1-21(2,3)26-13-15(11-17(26)27)20(28)25-10-6-7-14(12-25)18-23-19(29-24-18)16-8-4-5-9-22-16/h4-5,8-9,14-15H,6-7,10-13H2,1-3H3/t14-,15+/m0/s1. The molecule has 0 bridgehead atoms. The fourth-order valence-corrected chi connectivity index (χ4v) is 4.16. The van der Waals surface area contributed by atoms with Crippen molar-refractivity contribution in [3.8, 4) is 11.6 Å². The van der Waals surface area contributed by atoms with Gasteiger partial charge in [-0.3, -0.25) is 14.6 Å². The summed E-state index contributed by atoms with van der Waals surface area (Å²) in [6.07, 6.45) is 3.77.